The van der Waals surface area contributed by atoms with E-state index in [-0.39, 0.29) is 51.0 Å². The molecule has 0 aliphatic carbocycles. The van der Waals surface area contributed by atoms with E-state index in [1.165, 1.54) is 0 Å². The van der Waals surface area contributed by atoms with Crippen molar-refractivity contribution in [2.45, 2.75) is 0 Å². The quantitative estimate of drug-likeness (QED) is 0.369. The Morgan fingerprint density at radius 1 is 1.33 bits per heavy atom. The van der Waals surface area contributed by atoms with Crippen LogP contribution >= 0.6 is 0 Å². The Balaban J connectivity index is -0.0000000450. The van der Waals surface area contributed by atoms with Gasteiger partial charge in [0, 0.05) is 0 Å². The maximum absolute atomic E-state index is 8.64. The fourth-order valence-electron chi connectivity index (χ4n) is 0. The first kappa shape index (κ1) is 15.7. The second kappa shape index (κ2) is 9.63. The van der Waals surface area contributed by atoms with E-state index in [0.29, 0.717) is 0 Å². The first-order valence-corrected chi connectivity index (χ1v) is 0.752. The van der Waals surface area contributed by atoms with Crippen LogP contribution < -0.4 is 5.02 Å². The van der Waals surface area contributed by atoms with Crippen LogP contribution in [0.5, 0.6) is 0 Å². The standard InChI is InChI=1S/BH2O3.H2O.Sr/c2-1(3)4;;/h2-3H;1H2;/q-1;;+2/p-1. The second-order valence-electron chi connectivity index (χ2n) is 0.326. The van der Waals surface area contributed by atoms with Crippen LogP contribution in [-0.4, -0.2) is 68.3 Å². The molecule has 0 saturated heterocycles. The fourth-order valence-corrected chi connectivity index (χ4v) is 0. The summed E-state index contributed by atoms with van der Waals surface area (Å²) in [5.41, 5.74) is 0. The molecule has 0 radical (unpaired) electrons. The number of rotatable bonds is 0. The molecular formula is H3BO4Sr. The zero-order chi connectivity index (χ0) is 3.58. The summed E-state index contributed by atoms with van der Waals surface area (Å²) in [6, 6.07) is 0. The molecule has 6 heteroatoms. The van der Waals surface area contributed by atoms with Gasteiger partial charge in [-0.15, -0.1) is 0 Å². The molecule has 0 bridgehead atoms. The van der Waals surface area contributed by atoms with Crippen LogP contribution in [0, 0.1) is 0 Å². The van der Waals surface area contributed by atoms with Crippen molar-refractivity contribution in [1.82, 2.24) is 0 Å². The van der Waals surface area contributed by atoms with Gasteiger partial charge in [0.25, 0.3) is 0 Å². The summed E-state index contributed by atoms with van der Waals surface area (Å²) in [6.45, 7) is 0. The van der Waals surface area contributed by atoms with E-state index in [1.807, 2.05) is 0 Å². The normalized spacial score (nSPS) is 4.50. The molecule has 0 fully saturated rings. The Labute approximate surface area is 72.6 Å². The van der Waals surface area contributed by atoms with Crippen molar-refractivity contribution in [2.75, 3.05) is 0 Å². The SMILES string of the molecule is [O-]B(O)O.[OH-].[Sr+2]. The van der Waals surface area contributed by atoms with E-state index in [1.54, 1.807) is 0 Å². The molecule has 0 aromatic rings. The van der Waals surface area contributed by atoms with E-state index in [0.717, 1.165) is 0 Å². The number of hydrogen-bond donors (Lipinski definition) is 2. The molecule has 0 atom stereocenters. The Bertz CT molecular complexity index is 12.3. The molecule has 0 spiro atoms. The summed E-state index contributed by atoms with van der Waals surface area (Å²) in [5.74, 6) is 0. The minimum atomic E-state index is -2.42. The zero-order valence-electron chi connectivity index (χ0n) is 3.03. The van der Waals surface area contributed by atoms with Crippen molar-refractivity contribution in [2.24, 2.45) is 0 Å². The summed E-state index contributed by atoms with van der Waals surface area (Å²) in [4.78, 5) is 0. The monoisotopic (exact) mass is 166 g/mol. The fraction of sp³-hybridized carbons (Fsp3) is 0. The van der Waals surface area contributed by atoms with Gasteiger partial charge in [-0.25, -0.2) is 0 Å². The van der Waals surface area contributed by atoms with Gasteiger partial charge < -0.3 is 20.5 Å². The first-order chi connectivity index (χ1) is 1.73. The molecule has 0 aromatic carbocycles. The summed E-state index contributed by atoms with van der Waals surface area (Å²) in [7, 11) is -2.42. The van der Waals surface area contributed by atoms with E-state index in [9.17, 15) is 0 Å². The Kier molecular flexibility index (Phi) is 25.1. The third-order valence-corrected chi connectivity index (χ3v) is 0. The molecule has 6 heavy (non-hydrogen) atoms. The largest absolute Gasteiger partial charge is 2.00 e. The van der Waals surface area contributed by atoms with Crippen molar-refractivity contribution in [3.05, 3.63) is 0 Å². The van der Waals surface area contributed by atoms with Crippen molar-refractivity contribution in [3.63, 3.8) is 0 Å². The van der Waals surface area contributed by atoms with Crippen molar-refractivity contribution in [1.29, 1.82) is 0 Å². The first-order valence-electron chi connectivity index (χ1n) is 0.752. The molecule has 0 aromatic heterocycles. The maximum Gasteiger partial charge on any atom is 2.00 e. The average molecular weight is 165 g/mol. The molecule has 0 aliphatic heterocycles. The van der Waals surface area contributed by atoms with Crippen molar-refractivity contribution in [3.8, 4) is 0 Å². The zero-order valence-corrected chi connectivity index (χ0v) is 6.51. The van der Waals surface area contributed by atoms with Gasteiger partial charge in [0.1, 0.15) is 0 Å². The Hall–Kier alpha value is 1.39. The van der Waals surface area contributed by atoms with E-state index in [2.05, 4.69) is 0 Å². The minimum absolute atomic E-state index is 0. The van der Waals surface area contributed by atoms with Crippen LogP contribution in [0.1, 0.15) is 0 Å². The summed E-state index contributed by atoms with van der Waals surface area (Å²) in [5, 5.41) is 22.8. The molecule has 0 amide bonds. The van der Waals surface area contributed by atoms with Gasteiger partial charge in [-0.05, 0) is 0 Å². The van der Waals surface area contributed by atoms with Crippen LogP contribution in [0.15, 0.2) is 0 Å². The topological polar surface area (TPSA) is 93.5 Å². The Morgan fingerprint density at radius 2 is 1.33 bits per heavy atom. The van der Waals surface area contributed by atoms with E-state index < -0.39 is 7.32 Å². The summed E-state index contributed by atoms with van der Waals surface area (Å²) in [6.07, 6.45) is 0. The third kappa shape index (κ3) is 54.0. The van der Waals surface area contributed by atoms with Gasteiger partial charge in [-0.1, -0.05) is 0 Å². The molecule has 32 valence electrons. The van der Waals surface area contributed by atoms with Crippen molar-refractivity contribution >= 4 is 52.8 Å². The molecule has 4 nitrogen and oxygen atoms in total. The van der Waals surface area contributed by atoms with Gasteiger partial charge in [0.15, 0.2) is 0 Å². The summed E-state index contributed by atoms with van der Waals surface area (Å²) < 4.78 is 0. The second-order valence-corrected chi connectivity index (χ2v) is 0.326. The van der Waals surface area contributed by atoms with E-state index in [4.69, 9.17) is 15.1 Å². The predicted octanol–water partition coefficient (Wildman–Crippen LogP) is -3.24. The smallest absolute Gasteiger partial charge is 0.870 e. The van der Waals surface area contributed by atoms with Gasteiger partial charge in [-0.2, -0.15) is 0 Å². The predicted molar refractivity (Wildman–Crippen MR) is 17.9 cm³/mol. The molecule has 0 aliphatic rings. The van der Waals surface area contributed by atoms with Gasteiger partial charge in [0.2, 0.25) is 0 Å². The molecule has 0 rings (SSSR count). The molecular weight excluding hydrogens is 162 g/mol. The molecule has 0 unspecified atom stereocenters. The van der Waals surface area contributed by atoms with Crippen LogP contribution in [0.4, 0.5) is 0 Å². The summed E-state index contributed by atoms with van der Waals surface area (Å²) >= 11 is 0. The van der Waals surface area contributed by atoms with Crippen LogP contribution in [0.25, 0.3) is 0 Å². The van der Waals surface area contributed by atoms with Crippen LogP contribution in [-0.2, 0) is 0 Å². The molecule has 0 saturated carbocycles. The minimum Gasteiger partial charge on any atom is -0.870 e. The van der Waals surface area contributed by atoms with Crippen molar-refractivity contribution < 1.29 is 20.5 Å². The Morgan fingerprint density at radius 3 is 1.33 bits per heavy atom. The molecule has 3 N–H and O–H groups in total. The average Bonchev–Trinajstić information content (AvgIpc) is 0.811. The third-order valence-electron chi connectivity index (χ3n) is 0. The van der Waals surface area contributed by atoms with Gasteiger partial charge in [-0.3, -0.25) is 0 Å². The van der Waals surface area contributed by atoms with E-state index >= 15 is 0 Å². The molecule has 0 heterocycles. The van der Waals surface area contributed by atoms with Crippen LogP contribution in [0.2, 0.25) is 0 Å². The van der Waals surface area contributed by atoms with Gasteiger partial charge in [0.05, 0.1) is 0 Å². The van der Waals surface area contributed by atoms with Crippen LogP contribution in [0.3, 0.4) is 0 Å². The van der Waals surface area contributed by atoms with Gasteiger partial charge >= 0.3 is 52.8 Å². The maximum atomic E-state index is 8.64. The number of hydrogen-bond acceptors (Lipinski definition) is 4.